The van der Waals surface area contributed by atoms with Gasteiger partial charge in [0.1, 0.15) is 16.5 Å². The number of nitrogens with one attached hydrogen (secondary N) is 2. The molecule has 0 amide bonds. The van der Waals surface area contributed by atoms with Crippen molar-refractivity contribution >= 4 is 53.7 Å². The number of ether oxygens (including phenoxy) is 1. The summed E-state index contributed by atoms with van der Waals surface area (Å²) in [4.78, 5) is 11.9. The molecule has 2 heterocycles. The van der Waals surface area contributed by atoms with E-state index in [1.807, 2.05) is 19.4 Å². The van der Waals surface area contributed by atoms with Crippen LogP contribution in [0.4, 0.5) is 23.1 Å². The molecule has 186 valence electrons. The Bertz CT molecular complexity index is 1260. The summed E-state index contributed by atoms with van der Waals surface area (Å²) >= 11 is 6.43. The van der Waals surface area contributed by atoms with Crippen molar-refractivity contribution < 1.29 is 13.5 Å². The Hall–Kier alpha value is -2.45. The highest BCUT2D eigenvalue weighted by Gasteiger charge is 2.18. The Kier molecular flexibility index (Phi) is 8.12. The van der Waals surface area contributed by atoms with Crippen LogP contribution in [0.5, 0.6) is 11.5 Å². The van der Waals surface area contributed by atoms with Crippen molar-refractivity contribution in [3.8, 4) is 11.5 Å². The Morgan fingerprint density at radius 2 is 1.91 bits per heavy atom. The topological polar surface area (TPSA) is 88.6 Å². The number of benzene rings is 2. The van der Waals surface area contributed by atoms with E-state index in [0.717, 1.165) is 30.9 Å². The molecule has 2 aromatic carbocycles. The third-order valence-electron chi connectivity index (χ3n) is 5.53. The molecule has 35 heavy (non-hydrogen) atoms. The van der Waals surface area contributed by atoms with E-state index < -0.39 is 18.9 Å². The van der Waals surface area contributed by atoms with Crippen LogP contribution < -0.4 is 19.9 Å². The van der Waals surface area contributed by atoms with Gasteiger partial charge >= 0.3 is 0 Å². The number of anilines is 4. The van der Waals surface area contributed by atoms with E-state index in [4.69, 9.17) is 20.9 Å². The van der Waals surface area contributed by atoms with Crippen LogP contribution in [-0.4, -0.2) is 59.4 Å². The SMILES string of the molecule is COc1cc2c(cc1Nc1ncc(Cl)c(Nc3ccc(S(C)=O)cc3OP(C)C)n1)CN(C)CC2. The Morgan fingerprint density at radius 3 is 2.63 bits per heavy atom. The number of fused-ring (bicyclic) bond motifs is 1. The number of halogens is 1. The van der Waals surface area contributed by atoms with Gasteiger partial charge in [-0.3, -0.25) is 4.21 Å². The molecule has 8 nitrogen and oxygen atoms in total. The third-order valence-corrected chi connectivity index (χ3v) is 7.29. The first kappa shape index (κ1) is 25.6. The van der Waals surface area contributed by atoms with Gasteiger partial charge in [0, 0.05) is 35.0 Å². The molecule has 11 heteroatoms. The van der Waals surface area contributed by atoms with Crippen LogP contribution in [0.2, 0.25) is 5.02 Å². The van der Waals surface area contributed by atoms with Crippen molar-refractivity contribution in [1.29, 1.82) is 0 Å². The van der Waals surface area contributed by atoms with Crippen LogP contribution in [0.25, 0.3) is 0 Å². The average Bonchev–Trinajstić information content (AvgIpc) is 2.81. The second kappa shape index (κ2) is 11.1. The minimum absolute atomic E-state index is 0.360. The molecular weight excluding hydrogens is 505 g/mol. The third kappa shape index (κ3) is 6.22. The first-order valence-electron chi connectivity index (χ1n) is 11.0. The predicted molar refractivity (Wildman–Crippen MR) is 145 cm³/mol. The first-order chi connectivity index (χ1) is 16.7. The van der Waals surface area contributed by atoms with Gasteiger partial charge in [0.05, 0.1) is 32.8 Å². The van der Waals surface area contributed by atoms with Crippen LogP contribution in [0.3, 0.4) is 0 Å². The van der Waals surface area contributed by atoms with Gasteiger partial charge in [-0.25, -0.2) is 4.98 Å². The molecule has 0 spiro atoms. The molecule has 0 aliphatic carbocycles. The summed E-state index contributed by atoms with van der Waals surface area (Å²) in [7, 11) is 1.95. The fraction of sp³-hybridized carbons (Fsp3) is 0.333. The Labute approximate surface area is 214 Å². The first-order valence-corrected chi connectivity index (χ1v) is 15.1. The quantitative estimate of drug-likeness (QED) is 0.373. The maximum atomic E-state index is 12.0. The normalized spacial score (nSPS) is 14.4. The molecule has 1 aromatic heterocycles. The van der Waals surface area contributed by atoms with Gasteiger partial charge in [-0.1, -0.05) is 11.6 Å². The Morgan fingerprint density at radius 1 is 1.11 bits per heavy atom. The number of hydrogen-bond donors (Lipinski definition) is 2. The average molecular weight is 534 g/mol. The molecule has 3 aromatic rings. The molecule has 0 radical (unpaired) electrons. The van der Waals surface area contributed by atoms with E-state index in [2.05, 4.69) is 44.7 Å². The minimum Gasteiger partial charge on any atom is -0.495 e. The molecule has 0 fully saturated rings. The molecule has 1 unspecified atom stereocenters. The summed E-state index contributed by atoms with van der Waals surface area (Å²) < 4.78 is 23.6. The summed E-state index contributed by atoms with van der Waals surface area (Å²) in [6.45, 7) is 5.90. The van der Waals surface area contributed by atoms with Crippen molar-refractivity contribution in [2.45, 2.75) is 17.9 Å². The zero-order valence-electron chi connectivity index (χ0n) is 20.4. The number of hydrogen-bond acceptors (Lipinski definition) is 8. The molecule has 0 bridgehead atoms. The van der Waals surface area contributed by atoms with Gasteiger partial charge in [0.15, 0.2) is 5.82 Å². The summed E-state index contributed by atoms with van der Waals surface area (Å²) in [6.07, 6.45) is 4.17. The number of likely N-dealkylation sites (N-methyl/N-ethyl adjacent to an activating group) is 1. The monoisotopic (exact) mass is 533 g/mol. The van der Waals surface area contributed by atoms with Crippen LogP contribution in [0.15, 0.2) is 41.4 Å². The van der Waals surface area contributed by atoms with E-state index in [0.29, 0.717) is 33.1 Å². The van der Waals surface area contributed by atoms with Crippen LogP contribution in [0, 0.1) is 0 Å². The molecular formula is C24H29ClN5O3PS. The van der Waals surface area contributed by atoms with Gasteiger partial charge in [-0.2, -0.15) is 4.98 Å². The zero-order valence-corrected chi connectivity index (χ0v) is 22.9. The Balaban J connectivity index is 1.63. The van der Waals surface area contributed by atoms with Crippen molar-refractivity contribution in [2.75, 3.05) is 50.9 Å². The maximum absolute atomic E-state index is 12.0. The van der Waals surface area contributed by atoms with Crippen LogP contribution in [0.1, 0.15) is 11.1 Å². The van der Waals surface area contributed by atoms with E-state index in [1.54, 1.807) is 31.7 Å². The van der Waals surface area contributed by atoms with Gasteiger partial charge in [-0.15, -0.1) is 0 Å². The molecule has 4 rings (SSSR count). The van der Waals surface area contributed by atoms with Crippen LogP contribution in [-0.2, 0) is 23.8 Å². The number of rotatable bonds is 8. The highest BCUT2D eigenvalue weighted by atomic mass is 35.5. The molecule has 1 aliphatic heterocycles. The number of aromatic nitrogens is 2. The molecule has 2 N–H and O–H groups in total. The lowest BCUT2D eigenvalue weighted by Crippen LogP contribution is -2.26. The van der Waals surface area contributed by atoms with Crippen molar-refractivity contribution in [3.63, 3.8) is 0 Å². The summed E-state index contributed by atoms with van der Waals surface area (Å²) in [6, 6.07) is 9.57. The highest BCUT2D eigenvalue weighted by molar-refractivity contribution is 7.84. The van der Waals surface area contributed by atoms with E-state index in [9.17, 15) is 4.21 Å². The maximum Gasteiger partial charge on any atom is 0.229 e. The zero-order chi connectivity index (χ0) is 25.1. The lowest BCUT2D eigenvalue weighted by Gasteiger charge is -2.26. The smallest absolute Gasteiger partial charge is 0.229 e. The fourth-order valence-corrected chi connectivity index (χ4v) is 5.03. The fourth-order valence-electron chi connectivity index (χ4n) is 3.81. The summed E-state index contributed by atoms with van der Waals surface area (Å²) in [5, 5.41) is 6.89. The molecule has 0 saturated carbocycles. The summed E-state index contributed by atoms with van der Waals surface area (Å²) in [5.41, 5.74) is 4.01. The lowest BCUT2D eigenvalue weighted by molar-refractivity contribution is 0.312. The van der Waals surface area contributed by atoms with E-state index in [1.165, 1.54) is 11.1 Å². The predicted octanol–water partition coefficient (Wildman–Crippen LogP) is 5.39. The second-order valence-corrected chi connectivity index (χ2v) is 12.1. The molecule has 0 saturated heterocycles. The van der Waals surface area contributed by atoms with Crippen LogP contribution >= 0.6 is 19.7 Å². The van der Waals surface area contributed by atoms with Gasteiger partial charge in [0.2, 0.25) is 5.95 Å². The van der Waals surface area contributed by atoms with Crippen molar-refractivity contribution in [2.24, 2.45) is 0 Å². The summed E-state index contributed by atoms with van der Waals surface area (Å²) in [5.74, 6) is 2.13. The minimum atomic E-state index is -1.12. The molecule has 1 aliphatic rings. The largest absolute Gasteiger partial charge is 0.495 e. The highest BCUT2D eigenvalue weighted by Crippen LogP contribution is 2.39. The second-order valence-electron chi connectivity index (χ2n) is 8.46. The van der Waals surface area contributed by atoms with Gasteiger partial charge < -0.3 is 24.8 Å². The van der Waals surface area contributed by atoms with Crippen molar-refractivity contribution in [1.82, 2.24) is 14.9 Å². The number of methoxy groups -OCH3 is 1. The van der Waals surface area contributed by atoms with Crippen molar-refractivity contribution in [3.05, 3.63) is 52.7 Å². The number of nitrogens with zero attached hydrogens (tertiary/aromatic N) is 3. The standard InChI is InChI=1S/C24H29ClN5O3PS/c1-30-9-8-15-11-21(32-2)20(10-16(15)14-30)28-24-26-13-18(25)23(29-24)27-19-7-6-17(35(5)31)12-22(19)33-34(3)4/h6-7,10-13H,8-9,14H2,1-5H3,(H2,26,27,28,29). The van der Waals surface area contributed by atoms with Gasteiger partial charge in [0.25, 0.3) is 0 Å². The molecule has 1 atom stereocenters. The van der Waals surface area contributed by atoms with E-state index in [-0.39, 0.29) is 0 Å². The van der Waals surface area contributed by atoms with E-state index >= 15 is 0 Å². The van der Waals surface area contributed by atoms with Gasteiger partial charge in [-0.05, 0) is 68.3 Å². The lowest BCUT2D eigenvalue weighted by atomic mass is 9.99.